The highest BCUT2D eigenvalue weighted by Gasteiger charge is 2.03. The molecule has 0 bridgehead atoms. The fourth-order valence-corrected chi connectivity index (χ4v) is 1.68. The summed E-state index contributed by atoms with van der Waals surface area (Å²) >= 11 is 0. The smallest absolute Gasteiger partial charge is 0.314 e. The van der Waals surface area contributed by atoms with Crippen LogP contribution in [-0.2, 0) is 6.42 Å². The van der Waals surface area contributed by atoms with Crippen molar-refractivity contribution in [2.24, 2.45) is 0 Å². The van der Waals surface area contributed by atoms with Crippen LogP contribution in [0.1, 0.15) is 18.9 Å². The third-order valence-electron chi connectivity index (χ3n) is 2.36. The summed E-state index contributed by atoms with van der Waals surface area (Å²) in [5.41, 5.74) is 1.29. The Balaban J connectivity index is 2.80. The summed E-state index contributed by atoms with van der Waals surface area (Å²) in [6, 6.07) is 5.62. The van der Waals surface area contributed by atoms with Crippen molar-refractivity contribution < 1.29 is 0 Å². The van der Waals surface area contributed by atoms with Crippen molar-refractivity contribution in [3.63, 3.8) is 0 Å². The van der Waals surface area contributed by atoms with Crippen LogP contribution >= 0.6 is 0 Å². The molecule has 0 aliphatic heterocycles. The van der Waals surface area contributed by atoms with Gasteiger partial charge in [-0.1, -0.05) is 25.5 Å². The minimum absolute atomic E-state index is 0.592. The molecule has 0 aliphatic carbocycles. The van der Waals surface area contributed by atoms with Gasteiger partial charge in [-0.05, 0) is 18.1 Å². The van der Waals surface area contributed by atoms with E-state index in [2.05, 4.69) is 16.9 Å². The van der Waals surface area contributed by atoms with Gasteiger partial charge in [-0.3, -0.25) is 9.59 Å². The van der Waals surface area contributed by atoms with Crippen molar-refractivity contribution in [1.29, 1.82) is 0 Å². The molecular formula is C11H12N2O2. The molecule has 78 valence electrons. The van der Waals surface area contributed by atoms with E-state index in [9.17, 15) is 9.59 Å². The van der Waals surface area contributed by atoms with Crippen LogP contribution in [0.5, 0.6) is 0 Å². The highest BCUT2D eigenvalue weighted by atomic mass is 16.2. The second-order valence-electron chi connectivity index (χ2n) is 3.50. The lowest BCUT2D eigenvalue weighted by atomic mass is 10.1. The van der Waals surface area contributed by atoms with Gasteiger partial charge in [0, 0.05) is 0 Å². The molecule has 2 rings (SSSR count). The summed E-state index contributed by atoms with van der Waals surface area (Å²) in [5, 5.41) is 0. The zero-order valence-electron chi connectivity index (χ0n) is 8.46. The summed E-state index contributed by atoms with van der Waals surface area (Å²) < 4.78 is 0. The van der Waals surface area contributed by atoms with Crippen LogP contribution in [0.2, 0.25) is 0 Å². The van der Waals surface area contributed by atoms with Gasteiger partial charge in [0.15, 0.2) is 0 Å². The number of aromatic nitrogens is 2. The molecule has 0 aliphatic rings. The van der Waals surface area contributed by atoms with Gasteiger partial charge in [-0.15, -0.1) is 0 Å². The van der Waals surface area contributed by atoms with E-state index < -0.39 is 11.1 Å². The van der Waals surface area contributed by atoms with Crippen molar-refractivity contribution in [2.45, 2.75) is 19.8 Å². The molecule has 4 heteroatoms. The van der Waals surface area contributed by atoms with Crippen LogP contribution in [0.3, 0.4) is 0 Å². The molecule has 1 aromatic carbocycles. The molecule has 15 heavy (non-hydrogen) atoms. The molecular weight excluding hydrogens is 192 g/mol. The fourth-order valence-electron chi connectivity index (χ4n) is 1.68. The third kappa shape index (κ3) is 1.70. The number of H-pyrrole nitrogens is 2. The number of benzene rings is 1. The van der Waals surface area contributed by atoms with Gasteiger partial charge in [0.2, 0.25) is 0 Å². The van der Waals surface area contributed by atoms with E-state index in [0.29, 0.717) is 5.52 Å². The summed E-state index contributed by atoms with van der Waals surface area (Å²) in [7, 11) is 0. The zero-order chi connectivity index (χ0) is 10.8. The Kier molecular flexibility index (Phi) is 2.41. The Morgan fingerprint density at radius 3 is 2.60 bits per heavy atom. The van der Waals surface area contributed by atoms with Crippen molar-refractivity contribution in [1.82, 2.24) is 9.97 Å². The number of rotatable bonds is 2. The number of aryl methyl sites for hydroxylation is 1. The lowest BCUT2D eigenvalue weighted by Crippen LogP contribution is -2.29. The van der Waals surface area contributed by atoms with Gasteiger partial charge < -0.3 is 9.97 Å². The average Bonchev–Trinajstić information content (AvgIpc) is 2.21. The van der Waals surface area contributed by atoms with E-state index in [0.717, 1.165) is 23.9 Å². The summed E-state index contributed by atoms with van der Waals surface area (Å²) in [5.74, 6) is 0. The number of aromatic amines is 2. The monoisotopic (exact) mass is 204 g/mol. The molecule has 0 fully saturated rings. The molecule has 0 saturated carbocycles. The van der Waals surface area contributed by atoms with Crippen molar-refractivity contribution in [3.8, 4) is 0 Å². The maximum Gasteiger partial charge on any atom is 0.314 e. The molecule has 1 heterocycles. The molecule has 0 atom stereocenters. The zero-order valence-corrected chi connectivity index (χ0v) is 8.46. The van der Waals surface area contributed by atoms with E-state index >= 15 is 0 Å². The number of hydrogen-bond donors (Lipinski definition) is 2. The fraction of sp³-hybridized carbons (Fsp3) is 0.273. The van der Waals surface area contributed by atoms with Crippen molar-refractivity contribution >= 4 is 11.0 Å². The highest BCUT2D eigenvalue weighted by Crippen LogP contribution is 2.13. The molecule has 1 aromatic heterocycles. The Hall–Kier alpha value is -1.84. The molecule has 0 amide bonds. The largest absolute Gasteiger partial charge is 0.316 e. The van der Waals surface area contributed by atoms with Crippen LogP contribution in [0.15, 0.2) is 27.8 Å². The van der Waals surface area contributed by atoms with Gasteiger partial charge in [-0.2, -0.15) is 0 Å². The second kappa shape index (κ2) is 3.73. The molecule has 0 unspecified atom stereocenters. The van der Waals surface area contributed by atoms with Crippen molar-refractivity contribution in [2.75, 3.05) is 0 Å². The van der Waals surface area contributed by atoms with Crippen LogP contribution in [0.25, 0.3) is 11.0 Å². The standard InChI is InChI=1S/C11H12N2O2/c1-2-4-7-5-3-6-8-9(7)13-11(15)10(14)12-8/h3,5-6H,2,4H2,1H3,(H,12,14)(H,13,15). The quantitative estimate of drug-likeness (QED) is 0.721. The first-order valence-electron chi connectivity index (χ1n) is 4.96. The van der Waals surface area contributed by atoms with E-state index in [4.69, 9.17) is 0 Å². The topological polar surface area (TPSA) is 65.7 Å². The SMILES string of the molecule is CCCc1cccc2[nH]c(=O)c(=O)[nH]c12. The molecule has 0 saturated heterocycles. The van der Waals surface area contributed by atoms with Gasteiger partial charge >= 0.3 is 11.1 Å². The number of fused-ring (bicyclic) bond motifs is 1. The Bertz CT molecular complexity index is 595. The average molecular weight is 204 g/mol. The van der Waals surface area contributed by atoms with Crippen LogP contribution in [0.4, 0.5) is 0 Å². The Morgan fingerprint density at radius 1 is 1.13 bits per heavy atom. The normalized spacial score (nSPS) is 10.7. The third-order valence-corrected chi connectivity index (χ3v) is 2.36. The maximum absolute atomic E-state index is 11.2. The first-order valence-corrected chi connectivity index (χ1v) is 4.96. The molecule has 2 N–H and O–H groups in total. The molecule has 0 radical (unpaired) electrons. The Morgan fingerprint density at radius 2 is 1.87 bits per heavy atom. The van der Waals surface area contributed by atoms with Crippen LogP contribution < -0.4 is 11.1 Å². The minimum atomic E-state index is -0.601. The number of hydrogen-bond acceptors (Lipinski definition) is 2. The van der Waals surface area contributed by atoms with Gasteiger partial charge in [0.1, 0.15) is 0 Å². The lowest BCUT2D eigenvalue weighted by molar-refractivity contribution is 0.923. The van der Waals surface area contributed by atoms with Gasteiger partial charge in [0.25, 0.3) is 0 Å². The summed E-state index contributed by atoms with van der Waals surface area (Å²) in [4.78, 5) is 27.5. The second-order valence-corrected chi connectivity index (χ2v) is 3.50. The van der Waals surface area contributed by atoms with Crippen LogP contribution in [-0.4, -0.2) is 9.97 Å². The summed E-state index contributed by atoms with van der Waals surface area (Å²) in [6.07, 6.45) is 1.89. The molecule has 0 spiro atoms. The van der Waals surface area contributed by atoms with Gasteiger partial charge in [0.05, 0.1) is 11.0 Å². The summed E-state index contributed by atoms with van der Waals surface area (Å²) in [6.45, 7) is 2.07. The van der Waals surface area contributed by atoms with E-state index in [1.165, 1.54) is 0 Å². The van der Waals surface area contributed by atoms with Crippen LogP contribution in [0, 0.1) is 0 Å². The van der Waals surface area contributed by atoms with E-state index in [-0.39, 0.29) is 0 Å². The number of nitrogens with one attached hydrogen (secondary N) is 2. The minimum Gasteiger partial charge on any atom is -0.316 e. The predicted octanol–water partition coefficient (Wildman–Crippen LogP) is 1.17. The lowest BCUT2D eigenvalue weighted by Gasteiger charge is -2.03. The van der Waals surface area contributed by atoms with E-state index in [1.807, 2.05) is 12.1 Å². The van der Waals surface area contributed by atoms with Crippen molar-refractivity contribution in [3.05, 3.63) is 44.5 Å². The number of para-hydroxylation sites is 1. The predicted molar refractivity (Wildman–Crippen MR) is 59.2 cm³/mol. The van der Waals surface area contributed by atoms with E-state index in [1.54, 1.807) is 6.07 Å². The molecule has 4 nitrogen and oxygen atoms in total. The first kappa shape index (κ1) is 9.71. The van der Waals surface area contributed by atoms with Gasteiger partial charge in [-0.25, -0.2) is 0 Å². The Labute approximate surface area is 86.0 Å². The maximum atomic E-state index is 11.2. The highest BCUT2D eigenvalue weighted by molar-refractivity contribution is 5.77. The first-order chi connectivity index (χ1) is 7.22. The molecule has 2 aromatic rings.